The predicted octanol–water partition coefficient (Wildman–Crippen LogP) is 4.36. The number of hydrogen-bond donors (Lipinski definition) is 3. The Balaban J connectivity index is 2.34. The molecule has 23 heavy (non-hydrogen) atoms. The quantitative estimate of drug-likeness (QED) is 0.278. The van der Waals surface area contributed by atoms with Gasteiger partial charge in [-0.2, -0.15) is 0 Å². The van der Waals surface area contributed by atoms with Crippen molar-refractivity contribution in [2.24, 2.45) is 0 Å². The minimum Gasteiger partial charge on any atom is -0.504 e. The molecule has 4 aromatic carbocycles. The van der Waals surface area contributed by atoms with Crippen LogP contribution in [0.25, 0.3) is 32.3 Å². The van der Waals surface area contributed by atoms with Gasteiger partial charge in [-0.05, 0) is 63.2 Å². The average molecular weight is 304 g/mol. The first kappa shape index (κ1) is 13.9. The normalized spacial score (nSPS) is 11.6. The Hall–Kier alpha value is -2.78. The third kappa shape index (κ3) is 1.80. The summed E-state index contributed by atoms with van der Waals surface area (Å²) in [5, 5.41) is 35.4. The molecule has 0 atom stereocenters. The lowest BCUT2D eigenvalue weighted by Gasteiger charge is -2.16. The van der Waals surface area contributed by atoms with Crippen LogP contribution in [0.4, 0.5) is 0 Å². The van der Waals surface area contributed by atoms with E-state index in [2.05, 4.69) is 6.92 Å². The fourth-order valence-corrected chi connectivity index (χ4v) is 3.56. The molecule has 0 aromatic heterocycles. The van der Waals surface area contributed by atoms with Crippen LogP contribution in [0.1, 0.15) is 11.1 Å². The number of aliphatic hydroxyl groups is 1. The van der Waals surface area contributed by atoms with Crippen molar-refractivity contribution < 1.29 is 15.3 Å². The van der Waals surface area contributed by atoms with E-state index >= 15 is 0 Å². The highest BCUT2D eigenvalue weighted by Crippen LogP contribution is 2.41. The van der Waals surface area contributed by atoms with Crippen LogP contribution in [-0.4, -0.2) is 15.3 Å². The van der Waals surface area contributed by atoms with E-state index in [-0.39, 0.29) is 18.1 Å². The van der Waals surface area contributed by atoms with Crippen LogP contribution in [0.3, 0.4) is 0 Å². The highest BCUT2D eigenvalue weighted by molar-refractivity contribution is 6.17. The van der Waals surface area contributed by atoms with Gasteiger partial charge >= 0.3 is 0 Å². The molecular formula is C20H16O3. The second-order valence-corrected chi connectivity index (χ2v) is 5.82. The van der Waals surface area contributed by atoms with Crippen LogP contribution >= 0.6 is 0 Å². The fourth-order valence-electron chi connectivity index (χ4n) is 3.56. The Morgan fingerprint density at radius 3 is 2.13 bits per heavy atom. The number of aryl methyl sites for hydroxylation is 1. The van der Waals surface area contributed by atoms with Gasteiger partial charge in [-0.25, -0.2) is 0 Å². The molecule has 4 aromatic rings. The van der Waals surface area contributed by atoms with E-state index < -0.39 is 0 Å². The number of phenolic OH excluding ortho intramolecular Hbond substituents is 2. The molecule has 4 rings (SSSR count). The summed E-state index contributed by atoms with van der Waals surface area (Å²) < 4.78 is 0. The summed E-state index contributed by atoms with van der Waals surface area (Å²) in [7, 11) is 0. The molecule has 0 saturated heterocycles. The van der Waals surface area contributed by atoms with Crippen LogP contribution in [0.5, 0.6) is 11.5 Å². The monoisotopic (exact) mass is 304 g/mol. The van der Waals surface area contributed by atoms with Crippen molar-refractivity contribution in [1.29, 1.82) is 0 Å². The third-order valence-corrected chi connectivity index (χ3v) is 4.67. The molecule has 0 bridgehead atoms. The second kappa shape index (κ2) is 4.86. The van der Waals surface area contributed by atoms with E-state index in [4.69, 9.17) is 0 Å². The molecule has 0 fully saturated rings. The number of hydrogen-bond acceptors (Lipinski definition) is 3. The lowest BCUT2D eigenvalue weighted by atomic mass is 9.89. The molecule has 0 amide bonds. The van der Waals surface area contributed by atoms with Gasteiger partial charge in [0.05, 0.1) is 6.61 Å². The topological polar surface area (TPSA) is 60.7 Å². The molecule has 0 unspecified atom stereocenters. The smallest absolute Gasteiger partial charge is 0.165 e. The van der Waals surface area contributed by atoms with Gasteiger partial charge < -0.3 is 15.3 Å². The molecule has 114 valence electrons. The molecule has 0 heterocycles. The molecule has 0 spiro atoms. The van der Waals surface area contributed by atoms with Crippen molar-refractivity contribution in [3.8, 4) is 11.5 Å². The second-order valence-electron chi connectivity index (χ2n) is 5.82. The Bertz CT molecular complexity index is 1080. The van der Waals surface area contributed by atoms with E-state index in [1.54, 1.807) is 6.07 Å². The average Bonchev–Trinajstić information content (AvgIpc) is 2.58. The zero-order valence-electron chi connectivity index (χ0n) is 12.7. The number of rotatable bonds is 1. The zero-order valence-corrected chi connectivity index (χ0v) is 12.7. The number of fused-ring (bicyclic) bond motifs is 4. The van der Waals surface area contributed by atoms with E-state index in [0.717, 1.165) is 38.1 Å². The SMILES string of the molecule is Cc1c2ccccc2c(CO)c2ccc3c(O)c(O)ccc3c12. The molecule has 3 heteroatoms. The zero-order chi connectivity index (χ0) is 16.1. The van der Waals surface area contributed by atoms with Crippen LogP contribution in [0, 0.1) is 6.92 Å². The highest BCUT2D eigenvalue weighted by Gasteiger charge is 2.15. The van der Waals surface area contributed by atoms with Gasteiger partial charge in [0, 0.05) is 5.39 Å². The first-order valence-corrected chi connectivity index (χ1v) is 7.52. The maximum absolute atomic E-state index is 10.1. The van der Waals surface area contributed by atoms with Gasteiger partial charge in [0.1, 0.15) is 0 Å². The lowest BCUT2D eigenvalue weighted by molar-refractivity contribution is 0.285. The summed E-state index contributed by atoms with van der Waals surface area (Å²) >= 11 is 0. The molecule has 3 nitrogen and oxygen atoms in total. The summed E-state index contributed by atoms with van der Waals surface area (Å²) in [4.78, 5) is 0. The Labute approximate surface area is 133 Å². The van der Waals surface area contributed by atoms with Crippen molar-refractivity contribution in [2.45, 2.75) is 13.5 Å². The minimum atomic E-state index is -0.127. The molecule has 3 N–H and O–H groups in total. The van der Waals surface area contributed by atoms with Crippen molar-refractivity contribution >= 4 is 32.3 Å². The Morgan fingerprint density at radius 2 is 1.39 bits per heavy atom. The minimum absolute atomic E-state index is 0.0487. The molecule has 0 aliphatic rings. The molecule has 0 radical (unpaired) electrons. The van der Waals surface area contributed by atoms with Crippen molar-refractivity contribution in [1.82, 2.24) is 0 Å². The number of aliphatic hydroxyl groups excluding tert-OH is 1. The van der Waals surface area contributed by atoms with E-state index in [1.165, 1.54) is 6.07 Å². The van der Waals surface area contributed by atoms with Crippen molar-refractivity contribution in [3.63, 3.8) is 0 Å². The first-order chi connectivity index (χ1) is 11.1. The van der Waals surface area contributed by atoms with Crippen LogP contribution < -0.4 is 0 Å². The number of phenols is 2. The lowest BCUT2D eigenvalue weighted by Crippen LogP contribution is -1.93. The van der Waals surface area contributed by atoms with Gasteiger partial charge in [0.15, 0.2) is 11.5 Å². The van der Waals surface area contributed by atoms with Gasteiger partial charge in [-0.15, -0.1) is 0 Å². The largest absolute Gasteiger partial charge is 0.504 e. The fraction of sp³-hybridized carbons (Fsp3) is 0.100. The summed E-state index contributed by atoms with van der Waals surface area (Å²) in [5.74, 6) is -0.236. The van der Waals surface area contributed by atoms with Crippen LogP contribution in [0.2, 0.25) is 0 Å². The third-order valence-electron chi connectivity index (χ3n) is 4.67. The number of aromatic hydroxyl groups is 2. The van der Waals surface area contributed by atoms with E-state index in [0.29, 0.717) is 5.39 Å². The number of benzene rings is 4. The van der Waals surface area contributed by atoms with Crippen LogP contribution in [-0.2, 0) is 6.61 Å². The molecule has 0 aliphatic carbocycles. The molecular weight excluding hydrogens is 288 g/mol. The van der Waals surface area contributed by atoms with E-state index in [9.17, 15) is 15.3 Å². The first-order valence-electron chi connectivity index (χ1n) is 7.52. The van der Waals surface area contributed by atoms with Crippen molar-refractivity contribution in [3.05, 3.63) is 59.7 Å². The molecule has 0 saturated carbocycles. The summed E-state index contributed by atoms with van der Waals surface area (Å²) in [6, 6.07) is 15.0. The summed E-state index contributed by atoms with van der Waals surface area (Å²) in [6.45, 7) is 2.00. The van der Waals surface area contributed by atoms with Gasteiger partial charge in [-0.1, -0.05) is 30.3 Å². The Kier molecular flexibility index (Phi) is 2.93. The predicted molar refractivity (Wildman–Crippen MR) is 92.9 cm³/mol. The summed E-state index contributed by atoms with van der Waals surface area (Å²) in [6.07, 6.45) is 0. The van der Waals surface area contributed by atoms with Crippen LogP contribution in [0.15, 0.2) is 48.5 Å². The van der Waals surface area contributed by atoms with Gasteiger partial charge in [-0.3, -0.25) is 0 Å². The van der Waals surface area contributed by atoms with Gasteiger partial charge in [0.2, 0.25) is 0 Å². The Morgan fingerprint density at radius 1 is 0.739 bits per heavy atom. The van der Waals surface area contributed by atoms with Crippen molar-refractivity contribution in [2.75, 3.05) is 0 Å². The van der Waals surface area contributed by atoms with Gasteiger partial charge in [0.25, 0.3) is 0 Å². The molecule has 0 aliphatic heterocycles. The maximum atomic E-state index is 10.1. The standard InChI is InChI=1S/C20H16O3/c1-11-12-4-2-3-5-13(12)17(10-21)15-6-7-16-14(19(11)15)8-9-18(22)20(16)23/h2-9,21-23H,10H2,1H3. The maximum Gasteiger partial charge on any atom is 0.165 e. The summed E-state index contributed by atoms with van der Waals surface area (Å²) in [5.41, 5.74) is 1.99. The highest BCUT2D eigenvalue weighted by atomic mass is 16.3. The van der Waals surface area contributed by atoms with E-state index in [1.807, 2.05) is 36.4 Å².